The van der Waals surface area contributed by atoms with Crippen molar-refractivity contribution in [3.63, 3.8) is 0 Å². The number of nitrogens with one attached hydrogen (secondary N) is 2. The molecule has 1 aromatic heterocycles. The zero-order chi connectivity index (χ0) is 11.1. The molecule has 0 unspecified atom stereocenters. The maximum absolute atomic E-state index is 5.02. The van der Waals surface area contributed by atoms with E-state index in [1.165, 1.54) is 0 Å². The summed E-state index contributed by atoms with van der Waals surface area (Å²) >= 11 is 0. The highest BCUT2D eigenvalue weighted by molar-refractivity contribution is 5.79. The largest absolute Gasteiger partial charge is 0.495 e. The van der Waals surface area contributed by atoms with E-state index < -0.39 is 0 Å². The van der Waals surface area contributed by atoms with Crippen LogP contribution in [-0.4, -0.2) is 32.1 Å². The van der Waals surface area contributed by atoms with Crippen LogP contribution >= 0.6 is 0 Å². The lowest BCUT2D eigenvalue weighted by Crippen LogP contribution is -2.34. The lowest BCUT2D eigenvalue weighted by molar-refractivity contribution is 0.412. The van der Waals surface area contributed by atoms with Gasteiger partial charge in [-0.25, -0.2) is 0 Å². The van der Waals surface area contributed by atoms with E-state index in [-0.39, 0.29) is 0 Å². The van der Waals surface area contributed by atoms with Gasteiger partial charge in [0.25, 0.3) is 0 Å². The van der Waals surface area contributed by atoms with Crippen LogP contribution in [0.2, 0.25) is 0 Å². The number of rotatable bonds is 3. The van der Waals surface area contributed by atoms with E-state index in [9.17, 15) is 0 Å². The SMILES string of the molecule is CN=C(NC)NCc1ccc(OC)cn1. The zero-order valence-electron chi connectivity index (χ0n) is 9.24. The fourth-order valence-corrected chi connectivity index (χ4v) is 1.09. The highest BCUT2D eigenvalue weighted by Crippen LogP contribution is 2.07. The van der Waals surface area contributed by atoms with E-state index in [2.05, 4.69) is 20.6 Å². The normalized spacial score (nSPS) is 11.0. The summed E-state index contributed by atoms with van der Waals surface area (Å²) in [5, 5.41) is 6.04. The number of nitrogens with zero attached hydrogens (tertiary/aromatic N) is 2. The third kappa shape index (κ3) is 3.46. The standard InChI is InChI=1S/C10H16N4O/c1-11-10(12-2)14-6-8-4-5-9(15-3)7-13-8/h4-5,7H,6H2,1-3H3,(H2,11,12,14). The molecule has 15 heavy (non-hydrogen) atoms. The van der Waals surface area contributed by atoms with Crippen LogP contribution in [0.3, 0.4) is 0 Å². The first-order chi connectivity index (χ1) is 7.30. The molecule has 0 saturated heterocycles. The fourth-order valence-electron chi connectivity index (χ4n) is 1.09. The third-order valence-corrected chi connectivity index (χ3v) is 1.93. The molecule has 0 aromatic carbocycles. The predicted molar refractivity (Wildman–Crippen MR) is 60.0 cm³/mol. The second kappa shape index (κ2) is 5.85. The Balaban J connectivity index is 2.51. The molecule has 0 aliphatic heterocycles. The molecule has 0 atom stereocenters. The van der Waals surface area contributed by atoms with Crippen molar-refractivity contribution in [2.45, 2.75) is 6.54 Å². The number of hydrogen-bond donors (Lipinski definition) is 2. The molecule has 0 fully saturated rings. The van der Waals surface area contributed by atoms with E-state index in [1.54, 1.807) is 20.4 Å². The molecule has 1 rings (SSSR count). The third-order valence-electron chi connectivity index (χ3n) is 1.93. The highest BCUT2D eigenvalue weighted by atomic mass is 16.5. The molecule has 0 spiro atoms. The second-order valence-corrected chi connectivity index (χ2v) is 2.87. The minimum absolute atomic E-state index is 0.636. The van der Waals surface area contributed by atoms with Gasteiger partial charge >= 0.3 is 0 Å². The van der Waals surface area contributed by atoms with Gasteiger partial charge in [0.1, 0.15) is 5.75 Å². The summed E-state index contributed by atoms with van der Waals surface area (Å²) < 4.78 is 5.02. The summed E-state index contributed by atoms with van der Waals surface area (Å²) in [6, 6.07) is 3.79. The van der Waals surface area contributed by atoms with Crippen molar-refractivity contribution in [2.75, 3.05) is 21.2 Å². The number of aliphatic imine (C=N–C) groups is 1. The molecule has 5 nitrogen and oxygen atoms in total. The molecule has 5 heteroatoms. The van der Waals surface area contributed by atoms with E-state index in [1.807, 2.05) is 19.2 Å². The molecule has 1 heterocycles. The number of hydrogen-bond acceptors (Lipinski definition) is 3. The van der Waals surface area contributed by atoms with Crippen LogP contribution in [0.5, 0.6) is 5.75 Å². The van der Waals surface area contributed by atoms with Gasteiger partial charge in [0.2, 0.25) is 0 Å². The van der Waals surface area contributed by atoms with E-state index in [4.69, 9.17) is 4.74 Å². The number of methoxy groups -OCH3 is 1. The first kappa shape index (κ1) is 11.3. The average Bonchev–Trinajstić information content (AvgIpc) is 2.31. The predicted octanol–water partition coefficient (Wildman–Crippen LogP) is 0.385. The van der Waals surface area contributed by atoms with Crippen LogP contribution < -0.4 is 15.4 Å². The Morgan fingerprint density at radius 2 is 2.33 bits per heavy atom. The van der Waals surface area contributed by atoms with Crippen LogP contribution in [0.1, 0.15) is 5.69 Å². The first-order valence-corrected chi connectivity index (χ1v) is 4.67. The number of ether oxygens (including phenoxy) is 1. The average molecular weight is 208 g/mol. The van der Waals surface area contributed by atoms with Crippen molar-refractivity contribution < 1.29 is 4.74 Å². The quantitative estimate of drug-likeness (QED) is 0.557. The van der Waals surface area contributed by atoms with E-state index in [0.717, 1.165) is 17.4 Å². The monoisotopic (exact) mass is 208 g/mol. The van der Waals surface area contributed by atoms with Gasteiger partial charge in [0.15, 0.2) is 5.96 Å². The van der Waals surface area contributed by atoms with Crippen LogP contribution in [0, 0.1) is 0 Å². The summed E-state index contributed by atoms with van der Waals surface area (Å²) in [6.45, 7) is 0.636. The van der Waals surface area contributed by atoms with Crippen molar-refractivity contribution in [3.05, 3.63) is 24.0 Å². The molecule has 1 aromatic rings. The summed E-state index contributed by atoms with van der Waals surface area (Å²) in [6.07, 6.45) is 1.69. The summed E-state index contributed by atoms with van der Waals surface area (Å²) in [7, 11) is 5.16. The van der Waals surface area contributed by atoms with Crippen molar-refractivity contribution in [2.24, 2.45) is 4.99 Å². The smallest absolute Gasteiger partial charge is 0.191 e. The lowest BCUT2D eigenvalue weighted by Gasteiger charge is -2.07. The van der Waals surface area contributed by atoms with Crippen LogP contribution in [-0.2, 0) is 6.54 Å². The maximum Gasteiger partial charge on any atom is 0.191 e. The Morgan fingerprint density at radius 1 is 1.53 bits per heavy atom. The topological polar surface area (TPSA) is 58.5 Å². The summed E-state index contributed by atoms with van der Waals surface area (Å²) in [5.74, 6) is 1.50. The van der Waals surface area contributed by atoms with Gasteiger partial charge in [-0.2, -0.15) is 0 Å². The molecular weight excluding hydrogens is 192 g/mol. The van der Waals surface area contributed by atoms with Gasteiger partial charge in [-0.05, 0) is 12.1 Å². The molecule has 0 aliphatic rings. The number of aromatic nitrogens is 1. The Morgan fingerprint density at radius 3 is 2.80 bits per heavy atom. The van der Waals surface area contributed by atoms with Gasteiger partial charge in [-0.1, -0.05) is 0 Å². The summed E-state index contributed by atoms with van der Waals surface area (Å²) in [4.78, 5) is 8.22. The second-order valence-electron chi connectivity index (χ2n) is 2.87. The minimum atomic E-state index is 0.636. The highest BCUT2D eigenvalue weighted by Gasteiger charge is 1.97. The van der Waals surface area contributed by atoms with Crippen LogP contribution in [0.25, 0.3) is 0 Å². The minimum Gasteiger partial charge on any atom is -0.495 e. The van der Waals surface area contributed by atoms with Crippen molar-refractivity contribution >= 4 is 5.96 Å². The number of pyridine rings is 1. The molecule has 0 aliphatic carbocycles. The van der Waals surface area contributed by atoms with Crippen molar-refractivity contribution in [1.29, 1.82) is 0 Å². The molecule has 0 saturated carbocycles. The van der Waals surface area contributed by atoms with Gasteiger partial charge in [0, 0.05) is 14.1 Å². The van der Waals surface area contributed by atoms with Gasteiger partial charge < -0.3 is 15.4 Å². The number of guanidine groups is 1. The molecule has 0 bridgehead atoms. The maximum atomic E-state index is 5.02. The van der Waals surface area contributed by atoms with Crippen molar-refractivity contribution in [3.8, 4) is 5.75 Å². The molecule has 0 radical (unpaired) electrons. The van der Waals surface area contributed by atoms with E-state index >= 15 is 0 Å². The van der Waals surface area contributed by atoms with Crippen molar-refractivity contribution in [1.82, 2.24) is 15.6 Å². The van der Waals surface area contributed by atoms with Gasteiger partial charge in [-0.15, -0.1) is 0 Å². The molecular formula is C10H16N4O. The zero-order valence-corrected chi connectivity index (χ0v) is 9.24. The Labute approximate surface area is 89.6 Å². The Hall–Kier alpha value is -1.78. The van der Waals surface area contributed by atoms with E-state index in [0.29, 0.717) is 6.54 Å². The Bertz CT molecular complexity index is 321. The Kier molecular flexibility index (Phi) is 4.40. The van der Waals surface area contributed by atoms with Gasteiger partial charge in [0.05, 0.1) is 25.5 Å². The lowest BCUT2D eigenvalue weighted by atomic mass is 10.3. The first-order valence-electron chi connectivity index (χ1n) is 4.67. The molecule has 82 valence electrons. The van der Waals surface area contributed by atoms with Crippen LogP contribution in [0.4, 0.5) is 0 Å². The van der Waals surface area contributed by atoms with Gasteiger partial charge in [-0.3, -0.25) is 9.98 Å². The summed E-state index contributed by atoms with van der Waals surface area (Å²) in [5.41, 5.74) is 0.937. The van der Waals surface area contributed by atoms with Crippen LogP contribution in [0.15, 0.2) is 23.3 Å². The fraction of sp³-hybridized carbons (Fsp3) is 0.400. The molecule has 2 N–H and O–H groups in total. The molecule has 0 amide bonds.